The van der Waals surface area contributed by atoms with Crippen LogP contribution in [0.2, 0.25) is 0 Å². The number of aromatic nitrogens is 2. The van der Waals surface area contributed by atoms with Gasteiger partial charge in [0, 0.05) is 45.0 Å². The van der Waals surface area contributed by atoms with Crippen molar-refractivity contribution >= 4 is 10.0 Å². The van der Waals surface area contributed by atoms with E-state index in [-0.39, 0.29) is 12.1 Å². The second kappa shape index (κ2) is 7.41. The Balaban J connectivity index is 1.43. The lowest BCUT2D eigenvalue weighted by Gasteiger charge is -2.31. The lowest BCUT2D eigenvalue weighted by Crippen LogP contribution is -2.48. The van der Waals surface area contributed by atoms with Gasteiger partial charge in [0.2, 0.25) is 10.0 Å². The van der Waals surface area contributed by atoms with Gasteiger partial charge in [0.25, 0.3) is 0 Å². The van der Waals surface area contributed by atoms with E-state index in [1.807, 2.05) is 30.2 Å². The first kappa shape index (κ1) is 19.1. The van der Waals surface area contributed by atoms with Crippen molar-refractivity contribution in [3.05, 3.63) is 42.2 Å². The van der Waals surface area contributed by atoms with Crippen molar-refractivity contribution in [1.29, 1.82) is 0 Å². The highest BCUT2D eigenvalue weighted by molar-refractivity contribution is 7.89. The number of benzene rings is 1. The van der Waals surface area contributed by atoms with Crippen LogP contribution in [-0.2, 0) is 23.6 Å². The zero-order valence-corrected chi connectivity index (χ0v) is 17.6. The molecule has 5 rings (SSSR count). The number of sulfonamides is 1. The number of aryl methyl sites for hydroxylation is 1. The molecule has 3 heterocycles. The van der Waals surface area contributed by atoms with E-state index in [0.29, 0.717) is 23.1 Å². The first-order valence-corrected chi connectivity index (χ1v) is 11.9. The summed E-state index contributed by atoms with van der Waals surface area (Å²) in [6, 6.07) is 7.00. The van der Waals surface area contributed by atoms with Crippen molar-refractivity contribution in [2.24, 2.45) is 13.0 Å². The van der Waals surface area contributed by atoms with Crippen LogP contribution in [0.3, 0.4) is 0 Å². The number of para-hydroxylation sites is 1. The van der Waals surface area contributed by atoms with Crippen molar-refractivity contribution in [3.8, 4) is 5.75 Å². The molecule has 0 N–H and O–H groups in total. The van der Waals surface area contributed by atoms with Gasteiger partial charge in [0.05, 0.1) is 12.2 Å². The minimum Gasteiger partial charge on any atom is -0.487 e. The third-order valence-corrected chi connectivity index (χ3v) is 8.21. The van der Waals surface area contributed by atoms with Gasteiger partial charge in [0.1, 0.15) is 16.7 Å². The molecule has 7 nitrogen and oxygen atoms in total. The smallest absolute Gasteiger partial charge is 0.247 e. The predicted octanol–water partition coefficient (Wildman–Crippen LogP) is 2.25. The van der Waals surface area contributed by atoms with Gasteiger partial charge in [-0.1, -0.05) is 12.1 Å². The van der Waals surface area contributed by atoms with Crippen LogP contribution in [-0.4, -0.2) is 59.2 Å². The first-order chi connectivity index (χ1) is 14.0. The first-order valence-electron chi connectivity index (χ1n) is 10.5. The normalized spacial score (nSPS) is 27.3. The van der Waals surface area contributed by atoms with E-state index in [4.69, 9.17) is 4.74 Å². The Kier molecular flexibility index (Phi) is 4.88. The Morgan fingerprint density at radius 3 is 2.69 bits per heavy atom. The predicted molar refractivity (Wildman–Crippen MR) is 109 cm³/mol. The highest BCUT2D eigenvalue weighted by Crippen LogP contribution is 2.39. The molecule has 29 heavy (non-hydrogen) atoms. The monoisotopic (exact) mass is 416 g/mol. The third-order valence-electron chi connectivity index (χ3n) is 6.28. The van der Waals surface area contributed by atoms with E-state index < -0.39 is 10.0 Å². The molecule has 8 heteroatoms. The summed E-state index contributed by atoms with van der Waals surface area (Å²) >= 11 is 0. The fraction of sp³-hybridized carbons (Fsp3) is 0.571. The molecule has 2 aliphatic heterocycles. The molecule has 2 atom stereocenters. The molecule has 1 saturated carbocycles. The molecule has 3 aliphatic rings. The molecule has 0 bridgehead atoms. The number of hydrogen-bond donors (Lipinski definition) is 0. The summed E-state index contributed by atoms with van der Waals surface area (Å²) in [6.07, 6.45) is 7.67. The van der Waals surface area contributed by atoms with Gasteiger partial charge in [-0.3, -0.25) is 9.58 Å². The summed E-state index contributed by atoms with van der Waals surface area (Å²) in [5.74, 6) is 0.993. The van der Waals surface area contributed by atoms with Crippen LogP contribution >= 0.6 is 0 Å². The number of ether oxygens (including phenoxy) is 1. The van der Waals surface area contributed by atoms with Crippen molar-refractivity contribution in [2.75, 3.05) is 19.6 Å². The second-order valence-corrected chi connectivity index (χ2v) is 10.4. The Morgan fingerprint density at radius 2 is 1.93 bits per heavy atom. The van der Waals surface area contributed by atoms with E-state index >= 15 is 0 Å². The Morgan fingerprint density at radius 1 is 1.14 bits per heavy atom. The van der Waals surface area contributed by atoms with Crippen molar-refractivity contribution in [2.45, 2.75) is 49.3 Å². The quantitative estimate of drug-likeness (QED) is 0.765. The van der Waals surface area contributed by atoms with Gasteiger partial charge in [-0.05, 0) is 43.7 Å². The van der Waals surface area contributed by atoms with Gasteiger partial charge < -0.3 is 4.74 Å². The summed E-state index contributed by atoms with van der Waals surface area (Å²) in [5.41, 5.74) is 1.18. The summed E-state index contributed by atoms with van der Waals surface area (Å²) < 4.78 is 37.0. The van der Waals surface area contributed by atoms with E-state index in [2.05, 4.69) is 10.00 Å². The van der Waals surface area contributed by atoms with Crippen molar-refractivity contribution < 1.29 is 13.2 Å². The molecule has 1 aromatic carbocycles. The molecule has 0 radical (unpaired) electrons. The summed E-state index contributed by atoms with van der Waals surface area (Å²) in [6.45, 7) is 3.19. The summed E-state index contributed by atoms with van der Waals surface area (Å²) in [4.78, 5) is 2.71. The SMILES string of the molecule is Cn1cc(CN2CC[C@@H]3Oc4ccccc4S(=O)(=O)N(CC4CC4)[C@H]3CC2)cn1. The van der Waals surface area contributed by atoms with Gasteiger partial charge in [-0.2, -0.15) is 9.40 Å². The Hall–Kier alpha value is -1.90. The highest BCUT2D eigenvalue weighted by Gasteiger charge is 2.45. The molecule has 2 aromatic rings. The standard InChI is InChI=1S/C21H28N4O3S/c1-23-13-17(12-22-23)14-24-10-8-18-19(9-11-24)28-20-4-2-3-5-21(20)29(26,27)25(18)15-16-6-7-16/h2-5,12-13,16,18-19H,6-11,14-15H2,1H3/t18-,19-/m0/s1. The number of rotatable bonds is 4. The van der Waals surface area contributed by atoms with Crippen molar-refractivity contribution in [3.63, 3.8) is 0 Å². The molecule has 0 unspecified atom stereocenters. The fourth-order valence-electron chi connectivity index (χ4n) is 4.57. The minimum absolute atomic E-state index is 0.119. The topological polar surface area (TPSA) is 67.7 Å². The fourth-order valence-corrected chi connectivity index (χ4v) is 6.45. The van der Waals surface area contributed by atoms with Crippen molar-refractivity contribution in [1.82, 2.24) is 19.0 Å². The average Bonchev–Trinajstić information content (AvgIpc) is 3.47. The summed E-state index contributed by atoms with van der Waals surface area (Å²) in [5, 5.41) is 4.26. The van der Waals surface area contributed by atoms with Gasteiger partial charge in [-0.15, -0.1) is 0 Å². The van der Waals surface area contributed by atoms with Crippen LogP contribution < -0.4 is 4.74 Å². The van der Waals surface area contributed by atoms with Crippen LogP contribution in [0.25, 0.3) is 0 Å². The number of hydrogen-bond acceptors (Lipinski definition) is 5. The summed E-state index contributed by atoms with van der Waals surface area (Å²) in [7, 11) is -1.63. The molecule has 1 aromatic heterocycles. The van der Waals surface area contributed by atoms with Crippen LogP contribution in [0.15, 0.2) is 41.6 Å². The molecule has 1 saturated heterocycles. The highest BCUT2D eigenvalue weighted by atomic mass is 32.2. The zero-order valence-electron chi connectivity index (χ0n) is 16.8. The van der Waals surface area contributed by atoms with Crippen LogP contribution in [0.4, 0.5) is 0 Å². The largest absolute Gasteiger partial charge is 0.487 e. The number of likely N-dealkylation sites (tertiary alicyclic amines) is 1. The van der Waals surface area contributed by atoms with E-state index in [1.165, 1.54) is 5.56 Å². The Bertz CT molecular complexity index is 985. The van der Waals surface area contributed by atoms with E-state index in [1.54, 1.807) is 22.5 Å². The minimum atomic E-state index is -3.56. The van der Waals surface area contributed by atoms with Crippen LogP contribution in [0, 0.1) is 5.92 Å². The number of nitrogens with zero attached hydrogens (tertiary/aromatic N) is 4. The number of fused-ring (bicyclic) bond motifs is 2. The van der Waals surface area contributed by atoms with Crippen LogP contribution in [0.1, 0.15) is 31.2 Å². The average molecular weight is 417 g/mol. The molecule has 0 amide bonds. The van der Waals surface area contributed by atoms with Gasteiger partial charge >= 0.3 is 0 Å². The lowest BCUT2D eigenvalue weighted by atomic mass is 10.1. The molecular weight excluding hydrogens is 388 g/mol. The Labute approximate surface area is 172 Å². The maximum Gasteiger partial charge on any atom is 0.247 e. The van der Waals surface area contributed by atoms with Crippen LogP contribution in [0.5, 0.6) is 5.75 Å². The molecule has 1 aliphatic carbocycles. The maximum absolute atomic E-state index is 13.6. The zero-order chi connectivity index (χ0) is 20.0. The molecule has 0 spiro atoms. The molecule has 156 valence electrons. The second-order valence-electron chi connectivity index (χ2n) is 8.56. The van der Waals surface area contributed by atoms with E-state index in [0.717, 1.165) is 45.3 Å². The molecule has 2 fully saturated rings. The molecular formula is C21H28N4O3S. The maximum atomic E-state index is 13.6. The van der Waals surface area contributed by atoms with E-state index in [9.17, 15) is 8.42 Å². The third kappa shape index (κ3) is 3.81. The van der Waals surface area contributed by atoms with Gasteiger partial charge in [0.15, 0.2) is 0 Å². The van der Waals surface area contributed by atoms with Gasteiger partial charge in [-0.25, -0.2) is 8.42 Å². The lowest BCUT2D eigenvalue weighted by molar-refractivity contribution is 0.111.